The molecule has 5 rings (SSSR count). The van der Waals surface area contributed by atoms with Crippen molar-refractivity contribution in [1.82, 2.24) is 19.8 Å². The first-order valence-corrected chi connectivity index (χ1v) is 15.0. The molecule has 0 aromatic carbocycles. The number of aromatic nitrogens is 2. The maximum absolute atomic E-state index is 13.4. The molecule has 2 aliphatic rings. The first-order chi connectivity index (χ1) is 19.4. The van der Waals surface area contributed by atoms with Crippen molar-refractivity contribution in [2.75, 3.05) is 56.1 Å². The Balaban J connectivity index is 1.32. The molecular weight excluding hydrogens is 528 g/mol. The number of fused-ring (bicyclic) bond motifs is 1. The van der Waals surface area contributed by atoms with E-state index in [4.69, 9.17) is 5.11 Å². The highest BCUT2D eigenvalue weighted by atomic mass is 32.1. The standard InChI is InChI=1S/C29H38N6O4S/c1-3-33(4-2)29(39)27-26(19-7-5-6-8-19)21-15-25(31-17-23(21)40-27)32-24-10-9-20(16-30-24)34-11-13-35(14-12-34)28(38)22(37)18-36/h9-10,15-17,19,22,36-37H,3-8,11-14,18H2,1-2H3,(H,30,31,32). The average molecular weight is 567 g/mol. The average Bonchev–Trinajstić information content (AvgIpc) is 3.65. The fourth-order valence-corrected chi connectivity index (χ4v) is 6.98. The Morgan fingerprint density at radius 1 is 1.07 bits per heavy atom. The van der Waals surface area contributed by atoms with E-state index in [1.807, 2.05) is 37.1 Å². The summed E-state index contributed by atoms with van der Waals surface area (Å²) in [5, 5.41) is 23.1. The second-order valence-electron chi connectivity index (χ2n) is 10.4. The summed E-state index contributed by atoms with van der Waals surface area (Å²) in [7, 11) is 0. The van der Waals surface area contributed by atoms with Crippen LogP contribution in [-0.4, -0.2) is 93.8 Å². The largest absolute Gasteiger partial charge is 0.393 e. The molecular formula is C29H38N6O4S. The van der Waals surface area contributed by atoms with Gasteiger partial charge in [-0.2, -0.15) is 0 Å². The van der Waals surface area contributed by atoms with Gasteiger partial charge in [0, 0.05) is 50.9 Å². The third-order valence-electron chi connectivity index (χ3n) is 8.04. The number of carbonyl (C=O) groups is 2. The third-order valence-corrected chi connectivity index (χ3v) is 9.18. The molecule has 2 amide bonds. The maximum Gasteiger partial charge on any atom is 0.264 e. The number of hydrogen-bond donors (Lipinski definition) is 3. The van der Waals surface area contributed by atoms with Gasteiger partial charge in [0.2, 0.25) is 0 Å². The van der Waals surface area contributed by atoms with Crippen LogP contribution in [0.2, 0.25) is 0 Å². The van der Waals surface area contributed by atoms with E-state index in [2.05, 4.69) is 26.3 Å². The minimum atomic E-state index is -1.36. The molecule has 2 fully saturated rings. The lowest BCUT2D eigenvalue weighted by Crippen LogP contribution is -2.52. The lowest BCUT2D eigenvalue weighted by atomic mass is 9.94. The topological polar surface area (TPSA) is 122 Å². The summed E-state index contributed by atoms with van der Waals surface area (Å²) in [4.78, 5) is 41.3. The van der Waals surface area contributed by atoms with Crippen LogP contribution < -0.4 is 10.2 Å². The predicted octanol–water partition coefficient (Wildman–Crippen LogP) is 3.58. The molecule has 40 heavy (non-hydrogen) atoms. The highest BCUT2D eigenvalue weighted by Gasteiger charge is 2.29. The lowest BCUT2D eigenvalue weighted by molar-refractivity contribution is -0.142. The summed E-state index contributed by atoms with van der Waals surface area (Å²) >= 11 is 1.56. The molecule has 3 N–H and O–H groups in total. The van der Waals surface area contributed by atoms with Crippen molar-refractivity contribution in [3.8, 4) is 0 Å². The number of rotatable bonds is 9. The van der Waals surface area contributed by atoms with Crippen molar-refractivity contribution in [1.29, 1.82) is 0 Å². The van der Waals surface area contributed by atoms with Gasteiger partial charge in [-0.1, -0.05) is 12.8 Å². The van der Waals surface area contributed by atoms with Crippen LogP contribution in [0.5, 0.6) is 0 Å². The first-order valence-electron chi connectivity index (χ1n) is 14.2. The molecule has 1 aliphatic heterocycles. The molecule has 1 atom stereocenters. The van der Waals surface area contributed by atoms with Gasteiger partial charge in [-0.3, -0.25) is 9.59 Å². The second kappa shape index (κ2) is 12.5. The van der Waals surface area contributed by atoms with Gasteiger partial charge in [-0.25, -0.2) is 9.97 Å². The van der Waals surface area contributed by atoms with Gasteiger partial charge in [0.15, 0.2) is 6.10 Å². The van der Waals surface area contributed by atoms with Gasteiger partial charge >= 0.3 is 0 Å². The van der Waals surface area contributed by atoms with Crippen LogP contribution in [0.1, 0.15) is 60.7 Å². The zero-order chi connectivity index (χ0) is 28.2. The molecule has 1 aliphatic carbocycles. The highest BCUT2D eigenvalue weighted by Crippen LogP contribution is 2.44. The van der Waals surface area contributed by atoms with Crippen molar-refractivity contribution in [3.05, 3.63) is 41.0 Å². The first kappa shape index (κ1) is 28.3. The smallest absolute Gasteiger partial charge is 0.264 e. The Hall–Kier alpha value is -3.28. The molecule has 1 saturated carbocycles. The van der Waals surface area contributed by atoms with Crippen molar-refractivity contribution in [3.63, 3.8) is 0 Å². The molecule has 0 radical (unpaired) electrons. The number of hydrogen-bond acceptors (Lipinski definition) is 9. The summed E-state index contributed by atoms with van der Waals surface area (Å²) in [6, 6.07) is 5.96. The van der Waals surface area contributed by atoms with E-state index in [-0.39, 0.29) is 5.91 Å². The summed E-state index contributed by atoms with van der Waals surface area (Å²) in [6.45, 7) is 7.06. The third kappa shape index (κ3) is 5.77. The minimum Gasteiger partial charge on any atom is -0.393 e. The maximum atomic E-state index is 13.4. The molecule has 214 valence electrons. The van der Waals surface area contributed by atoms with E-state index in [0.29, 0.717) is 56.8 Å². The van der Waals surface area contributed by atoms with Gasteiger partial charge in [0.25, 0.3) is 11.8 Å². The number of thiophene rings is 1. The van der Waals surface area contributed by atoms with Gasteiger partial charge in [-0.05, 0) is 56.4 Å². The molecule has 10 nitrogen and oxygen atoms in total. The van der Waals surface area contributed by atoms with E-state index in [1.165, 1.54) is 18.4 Å². The minimum absolute atomic E-state index is 0.120. The second-order valence-corrected chi connectivity index (χ2v) is 11.5. The number of nitrogens with one attached hydrogen (secondary N) is 1. The number of amides is 2. The van der Waals surface area contributed by atoms with Gasteiger partial charge < -0.3 is 30.2 Å². The number of nitrogens with zero attached hydrogens (tertiary/aromatic N) is 5. The van der Waals surface area contributed by atoms with Crippen LogP contribution >= 0.6 is 11.3 Å². The number of anilines is 3. The number of carbonyl (C=O) groups excluding carboxylic acids is 2. The lowest BCUT2D eigenvalue weighted by Gasteiger charge is -2.36. The fraction of sp³-hybridized carbons (Fsp3) is 0.517. The molecule has 1 unspecified atom stereocenters. The molecule has 1 saturated heterocycles. The van der Waals surface area contributed by atoms with Crippen molar-refractivity contribution in [2.24, 2.45) is 0 Å². The van der Waals surface area contributed by atoms with Crippen LogP contribution in [0.4, 0.5) is 17.3 Å². The number of piperazine rings is 1. The van der Waals surface area contributed by atoms with Crippen molar-refractivity contribution < 1.29 is 19.8 Å². The molecule has 0 bridgehead atoms. The molecule has 11 heteroatoms. The van der Waals surface area contributed by atoms with E-state index >= 15 is 0 Å². The summed E-state index contributed by atoms with van der Waals surface area (Å²) in [5.41, 5.74) is 2.14. The summed E-state index contributed by atoms with van der Waals surface area (Å²) < 4.78 is 1.04. The molecule has 3 aromatic rings. The van der Waals surface area contributed by atoms with Crippen LogP contribution in [0, 0.1) is 0 Å². The van der Waals surface area contributed by atoms with Crippen LogP contribution in [-0.2, 0) is 4.79 Å². The number of pyridine rings is 2. The predicted molar refractivity (Wildman–Crippen MR) is 157 cm³/mol. The van der Waals surface area contributed by atoms with Crippen molar-refractivity contribution in [2.45, 2.75) is 51.6 Å². The van der Waals surface area contributed by atoms with E-state index in [0.717, 1.165) is 33.5 Å². The van der Waals surface area contributed by atoms with Crippen LogP contribution in [0.25, 0.3) is 10.1 Å². The van der Waals surface area contributed by atoms with Crippen LogP contribution in [0.3, 0.4) is 0 Å². The van der Waals surface area contributed by atoms with E-state index in [1.54, 1.807) is 22.4 Å². The SMILES string of the molecule is CCN(CC)C(=O)c1sc2cnc(Nc3ccc(N4CCN(C(=O)C(O)CO)CC4)cn3)cc2c1C1CCCC1. The molecule has 0 spiro atoms. The van der Waals surface area contributed by atoms with E-state index in [9.17, 15) is 14.7 Å². The van der Waals surface area contributed by atoms with Gasteiger partial charge in [0.1, 0.15) is 11.6 Å². The summed E-state index contributed by atoms with van der Waals surface area (Å²) in [5.74, 6) is 1.46. The highest BCUT2D eigenvalue weighted by molar-refractivity contribution is 7.21. The van der Waals surface area contributed by atoms with Gasteiger partial charge in [-0.15, -0.1) is 11.3 Å². The number of aliphatic hydroxyl groups excluding tert-OH is 2. The zero-order valence-electron chi connectivity index (χ0n) is 23.2. The Kier molecular flexibility index (Phi) is 8.82. The Morgan fingerprint density at radius 2 is 1.77 bits per heavy atom. The Labute approximate surface area is 238 Å². The molecule has 4 heterocycles. The Bertz CT molecular complexity index is 1330. The number of aliphatic hydroxyl groups is 2. The zero-order valence-corrected chi connectivity index (χ0v) is 24.0. The van der Waals surface area contributed by atoms with Gasteiger partial charge in [0.05, 0.1) is 28.1 Å². The Morgan fingerprint density at radius 3 is 2.40 bits per heavy atom. The van der Waals surface area contributed by atoms with Crippen LogP contribution in [0.15, 0.2) is 30.6 Å². The quantitative estimate of drug-likeness (QED) is 0.359. The fourth-order valence-electron chi connectivity index (χ4n) is 5.78. The monoisotopic (exact) mass is 566 g/mol. The molecule has 3 aromatic heterocycles. The van der Waals surface area contributed by atoms with Crippen molar-refractivity contribution >= 4 is 50.6 Å². The normalized spacial score (nSPS) is 16.9. The van der Waals surface area contributed by atoms with E-state index < -0.39 is 18.6 Å². The summed E-state index contributed by atoms with van der Waals surface area (Å²) in [6.07, 6.45) is 6.93.